The van der Waals surface area contributed by atoms with Gasteiger partial charge in [-0.15, -0.1) is 0 Å². The van der Waals surface area contributed by atoms with Gasteiger partial charge in [0.05, 0.1) is 31.7 Å². The van der Waals surface area contributed by atoms with E-state index in [0.29, 0.717) is 18.1 Å². The van der Waals surface area contributed by atoms with Crippen molar-refractivity contribution in [3.8, 4) is 0 Å². The number of carbonyl (C=O) groups is 7. The van der Waals surface area contributed by atoms with E-state index in [0.717, 1.165) is 5.56 Å². The number of rotatable bonds is 28. The standard InChI is InChI=1S/C34H45N5O12/c40-22-26(36-29(34(50)51)16-25-9-5-2-6-10-25)18-38(20-31(44)45)12-11-37(19-30(42)43)13-14-39(21-32(46)47)27(23-41)17-35-28(33(48)49)15-24-7-3-1-4-8-24/h1-10,22-23,26-29,35-36H,11-21H2,(H,42,43)(H,44,45)(H,46,47)(H,48,49)(H,50,51). The van der Waals surface area contributed by atoms with Crippen molar-refractivity contribution < 1.29 is 59.1 Å². The molecule has 0 amide bonds. The number of carbonyl (C=O) groups excluding carboxylic acids is 2. The van der Waals surface area contributed by atoms with Gasteiger partial charge in [-0.2, -0.15) is 0 Å². The average molecular weight is 716 g/mol. The summed E-state index contributed by atoms with van der Waals surface area (Å²) < 4.78 is 0. The zero-order chi connectivity index (χ0) is 37.8. The van der Waals surface area contributed by atoms with Crippen LogP contribution in [0.25, 0.3) is 0 Å². The number of hydrogen-bond donors (Lipinski definition) is 7. The van der Waals surface area contributed by atoms with Crippen molar-refractivity contribution in [1.29, 1.82) is 0 Å². The van der Waals surface area contributed by atoms with E-state index in [2.05, 4.69) is 10.6 Å². The number of nitrogens with zero attached hydrogens (tertiary/aromatic N) is 3. The fourth-order valence-corrected chi connectivity index (χ4v) is 5.34. The van der Waals surface area contributed by atoms with Gasteiger partial charge in [0, 0.05) is 39.3 Å². The van der Waals surface area contributed by atoms with Crippen LogP contribution in [0.3, 0.4) is 0 Å². The average Bonchev–Trinajstić information content (AvgIpc) is 3.08. The second-order valence-electron chi connectivity index (χ2n) is 11.8. The highest BCUT2D eigenvalue weighted by molar-refractivity contribution is 5.75. The normalized spacial score (nSPS) is 13.7. The maximum Gasteiger partial charge on any atom is 0.321 e. The summed E-state index contributed by atoms with van der Waals surface area (Å²) in [6, 6.07) is 13.0. The minimum Gasteiger partial charge on any atom is -0.480 e. The summed E-state index contributed by atoms with van der Waals surface area (Å²) in [4.78, 5) is 87.0. The van der Waals surface area contributed by atoms with Crippen molar-refractivity contribution in [2.45, 2.75) is 37.0 Å². The van der Waals surface area contributed by atoms with Crippen molar-refractivity contribution in [2.24, 2.45) is 0 Å². The number of carboxylic acids is 5. The highest BCUT2D eigenvalue weighted by Crippen LogP contribution is 2.07. The molecule has 4 atom stereocenters. The third kappa shape index (κ3) is 16.9. The molecule has 0 aliphatic rings. The van der Waals surface area contributed by atoms with Gasteiger partial charge in [-0.3, -0.25) is 44.0 Å². The van der Waals surface area contributed by atoms with Crippen LogP contribution in [0.1, 0.15) is 11.1 Å². The predicted octanol–water partition coefficient (Wildman–Crippen LogP) is -1.15. The van der Waals surface area contributed by atoms with Crippen molar-refractivity contribution in [3.63, 3.8) is 0 Å². The topological polar surface area (TPSA) is 254 Å². The first-order chi connectivity index (χ1) is 24.3. The quantitative estimate of drug-likeness (QED) is 0.0514. The highest BCUT2D eigenvalue weighted by Gasteiger charge is 2.27. The Balaban J connectivity index is 2.11. The molecule has 2 rings (SSSR count). The molecule has 0 fully saturated rings. The fourth-order valence-electron chi connectivity index (χ4n) is 5.34. The molecule has 2 aromatic rings. The minimum atomic E-state index is -1.28. The molecule has 4 unspecified atom stereocenters. The second-order valence-corrected chi connectivity index (χ2v) is 11.8. The van der Waals surface area contributed by atoms with Gasteiger partial charge >= 0.3 is 29.8 Å². The van der Waals surface area contributed by atoms with Gasteiger partial charge in [0.25, 0.3) is 0 Å². The summed E-state index contributed by atoms with van der Waals surface area (Å²) in [5, 5.41) is 53.6. The van der Waals surface area contributed by atoms with Gasteiger partial charge in [0.2, 0.25) is 0 Å². The summed E-state index contributed by atoms with van der Waals surface area (Å²) in [5.41, 5.74) is 1.43. The molecule has 2 aromatic carbocycles. The number of benzene rings is 2. The molecule has 0 heterocycles. The monoisotopic (exact) mass is 715 g/mol. The molecular weight excluding hydrogens is 670 g/mol. The lowest BCUT2D eigenvalue weighted by Gasteiger charge is -2.32. The van der Waals surface area contributed by atoms with Crippen LogP contribution in [-0.4, -0.2) is 166 Å². The first kappa shape index (κ1) is 42.1. The molecule has 0 aliphatic heterocycles. The van der Waals surface area contributed by atoms with Gasteiger partial charge in [-0.05, 0) is 24.0 Å². The second kappa shape index (κ2) is 22.6. The Kier molecular flexibility index (Phi) is 18.7. The first-order valence-corrected chi connectivity index (χ1v) is 16.1. The van der Waals surface area contributed by atoms with Gasteiger partial charge < -0.3 is 40.4 Å². The lowest BCUT2D eigenvalue weighted by Crippen LogP contribution is -2.53. The highest BCUT2D eigenvalue weighted by atomic mass is 16.4. The van der Waals surface area contributed by atoms with Crippen LogP contribution < -0.4 is 10.6 Å². The molecule has 17 heteroatoms. The van der Waals surface area contributed by atoms with Crippen LogP contribution in [-0.2, 0) is 46.4 Å². The van der Waals surface area contributed by atoms with E-state index in [1.165, 1.54) is 14.7 Å². The van der Waals surface area contributed by atoms with Crippen LogP contribution >= 0.6 is 0 Å². The molecule has 0 aliphatic carbocycles. The van der Waals surface area contributed by atoms with Gasteiger partial charge in [-0.1, -0.05) is 60.7 Å². The Hall–Kier alpha value is -5.07. The summed E-state index contributed by atoms with van der Waals surface area (Å²) in [6.07, 6.45) is 1.10. The molecule has 0 bridgehead atoms. The lowest BCUT2D eigenvalue weighted by atomic mass is 10.1. The third-order valence-corrected chi connectivity index (χ3v) is 7.89. The molecule has 0 saturated heterocycles. The zero-order valence-electron chi connectivity index (χ0n) is 28.0. The maximum absolute atomic E-state index is 12.1. The Morgan fingerprint density at radius 2 is 1.08 bits per heavy atom. The molecule has 17 nitrogen and oxygen atoms in total. The zero-order valence-corrected chi connectivity index (χ0v) is 28.0. The number of aldehydes is 2. The van der Waals surface area contributed by atoms with Gasteiger partial charge in [-0.25, -0.2) is 0 Å². The van der Waals surface area contributed by atoms with E-state index in [1.54, 1.807) is 60.7 Å². The Morgan fingerprint density at radius 1 is 0.608 bits per heavy atom. The van der Waals surface area contributed by atoms with Crippen LogP contribution in [0, 0.1) is 0 Å². The number of hydrogen-bond acceptors (Lipinski definition) is 12. The first-order valence-electron chi connectivity index (χ1n) is 16.1. The van der Waals surface area contributed by atoms with Crippen LogP contribution in [0.15, 0.2) is 60.7 Å². The SMILES string of the molecule is O=CC(CN(CCN(CCN(CC(=O)O)C(C=O)CNC(Cc1ccccc1)C(=O)O)CC(=O)O)CC(=O)O)NC(Cc1ccccc1)C(=O)O. The molecule has 0 spiro atoms. The Bertz CT molecular complexity index is 1430. The summed E-state index contributed by atoms with van der Waals surface area (Å²) >= 11 is 0. The van der Waals surface area contributed by atoms with E-state index in [1.807, 2.05) is 0 Å². The van der Waals surface area contributed by atoms with Crippen molar-refractivity contribution in [2.75, 3.05) is 58.9 Å². The Labute approximate surface area is 294 Å². The molecule has 0 saturated carbocycles. The van der Waals surface area contributed by atoms with E-state index in [-0.39, 0.29) is 52.1 Å². The smallest absolute Gasteiger partial charge is 0.321 e. The summed E-state index contributed by atoms with van der Waals surface area (Å²) in [5.74, 6) is -6.15. The van der Waals surface area contributed by atoms with Crippen molar-refractivity contribution in [1.82, 2.24) is 25.3 Å². The van der Waals surface area contributed by atoms with Crippen molar-refractivity contribution in [3.05, 3.63) is 71.8 Å². The molecular formula is C34H45N5O12. The van der Waals surface area contributed by atoms with Crippen LogP contribution in [0.5, 0.6) is 0 Å². The van der Waals surface area contributed by atoms with Gasteiger partial charge in [0.15, 0.2) is 0 Å². The summed E-state index contributed by atoms with van der Waals surface area (Å²) in [6.45, 7) is -2.46. The minimum absolute atomic E-state index is 0.0549. The van der Waals surface area contributed by atoms with E-state index < -0.39 is 73.6 Å². The molecule has 7 N–H and O–H groups in total. The Morgan fingerprint density at radius 3 is 1.55 bits per heavy atom. The molecule has 51 heavy (non-hydrogen) atoms. The van der Waals surface area contributed by atoms with Crippen LogP contribution in [0.2, 0.25) is 0 Å². The molecule has 0 radical (unpaired) electrons. The predicted molar refractivity (Wildman–Crippen MR) is 181 cm³/mol. The molecule has 0 aromatic heterocycles. The van der Waals surface area contributed by atoms with Gasteiger partial charge in [0.1, 0.15) is 24.7 Å². The largest absolute Gasteiger partial charge is 0.480 e. The van der Waals surface area contributed by atoms with E-state index in [9.17, 15) is 59.1 Å². The third-order valence-electron chi connectivity index (χ3n) is 7.89. The van der Waals surface area contributed by atoms with E-state index >= 15 is 0 Å². The number of nitrogens with one attached hydrogen (secondary N) is 2. The number of carboxylic acid groups (broad SMARTS) is 5. The van der Waals surface area contributed by atoms with Crippen LogP contribution in [0.4, 0.5) is 0 Å². The maximum atomic E-state index is 12.1. The lowest BCUT2D eigenvalue weighted by molar-refractivity contribution is -0.141. The van der Waals surface area contributed by atoms with Crippen molar-refractivity contribution >= 4 is 42.4 Å². The number of aliphatic carboxylic acids is 5. The molecule has 278 valence electrons. The fraction of sp³-hybridized carbons (Fsp3) is 0.441. The van der Waals surface area contributed by atoms with E-state index in [4.69, 9.17) is 0 Å². The summed E-state index contributed by atoms with van der Waals surface area (Å²) in [7, 11) is 0.